The monoisotopic (exact) mass is 499 g/mol. The third kappa shape index (κ3) is 5.03. The molecule has 0 aromatic heterocycles. The number of Topliss-reactive ketones (excluding diaryl/α,β-unsaturated/α-hetero) is 1. The van der Waals surface area contributed by atoms with Crippen LogP contribution in [0.5, 0.6) is 17.2 Å². The van der Waals surface area contributed by atoms with Gasteiger partial charge in [-0.05, 0) is 47.9 Å². The highest BCUT2D eigenvalue weighted by Gasteiger charge is 2.46. The predicted octanol–water partition coefficient (Wildman–Crippen LogP) is 5.26. The standard InChI is InChI=1S/C30H29NO6/c1-2-3-14-35-23-11-7-10-21(17-23)27-26(28(32)22-12-13-24-25(18-22)37-16-15-36-24)29(33)30(34)31(27)19-20-8-5-4-6-9-20/h4-13,17-18,27,32H,2-3,14-16,19H2,1H3/b28-26+. The first-order valence-corrected chi connectivity index (χ1v) is 12.5. The number of unbranched alkanes of at least 4 members (excludes halogenated alkanes) is 1. The molecule has 2 aliphatic heterocycles. The summed E-state index contributed by atoms with van der Waals surface area (Å²) in [5.41, 5.74) is 1.97. The Labute approximate surface area is 215 Å². The molecule has 0 saturated carbocycles. The molecule has 0 bridgehead atoms. The van der Waals surface area contributed by atoms with Crippen LogP contribution in [0.2, 0.25) is 0 Å². The number of aliphatic hydroxyl groups is 1. The van der Waals surface area contributed by atoms with Crippen molar-refractivity contribution < 1.29 is 28.9 Å². The van der Waals surface area contributed by atoms with Gasteiger partial charge in [0.05, 0.1) is 18.2 Å². The van der Waals surface area contributed by atoms with E-state index in [9.17, 15) is 14.7 Å². The number of aliphatic hydroxyl groups excluding tert-OH is 1. The highest BCUT2D eigenvalue weighted by molar-refractivity contribution is 6.46. The lowest BCUT2D eigenvalue weighted by Crippen LogP contribution is -2.29. The Kier molecular flexibility index (Phi) is 7.12. The van der Waals surface area contributed by atoms with Gasteiger partial charge in [-0.2, -0.15) is 0 Å². The molecule has 0 aliphatic carbocycles. The largest absolute Gasteiger partial charge is 0.507 e. The van der Waals surface area contributed by atoms with Crippen molar-refractivity contribution in [1.29, 1.82) is 0 Å². The Morgan fingerprint density at radius 1 is 0.973 bits per heavy atom. The Bertz CT molecular complexity index is 1330. The zero-order valence-corrected chi connectivity index (χ0v) is 20.7. The van der Waals surface area contributed by atoms with Crippen molar-refractivity contribution in [3.63, 3.8) is 0 Å². The SMILES string of the molecule is CCCCOc1cccc(C2/C(=C(\O)c3ccc4c(c3)OCCO4)C(=O)C(=O)N2Cc2ccccc2)c1. The summed E-state index contributed by atoms with van der Waals surface area (Å²) in [6.45, 7) is 3.72. The number of carbonyl (C=O) groups is 2. The van der Waals surface area contributed by atoms with Gasteiger partial charge in [-0.1, -0.05) is 55.8 Å². The first-order valence-electron chi connectivity index (χ1n) is 12.5. The molecule has 1 saturated heterocycles. The summed E-state index contributed by atoms with van der Waals surface area (Å²) in [5, 5.41) is 11.4. The summed E-state index contributed by atoms with van der Waals surface area (Å²) in [5.74, 6) is 0.0529. The van der Waals surface area contributed by atoms with Gasteiger partial charge in [0.15, 0.2) is 11.5 Å². The lowest BCUT2D eigenvalue weighted by Gasteiger charge is -2.26. The maximum absolute atomic E-state index is 13.4. The summed E-state index contributed by atoms with van der Waals surface area (Å²) in [6.07, 6.45) is 1.92. The van der Waals surface area contributed by atoms with Crippen molar-refractivity contribution in [1.82, 2.24) is 4.90 Å². The van der Waals surface area contributed by atoms with Gasteiger partial charge in [0.2, 0.25) is 0 Å². The molecule has 37 heavy (non-hydrogen) atoms. The minimum Gasteiger partial charge on any atom is -0.507 e. The second-order valence-electron chi connectivity index (χ2n) is 9.05. The second kappa shape index (κ2) is 10.8. The van der Waals surface area contributed by atoms with Crippen LogP contribution in [0.15, 0.2) is 78.4 Å². The maximum Gasteiger partial charge on any atom is 0.295 e. The molecule has 190 valence electrons. The minimum absolute atomic E-state index is 0.0308. The van der Waals surface area contributed by atoms with Crippen LogP contribution >= 0.6 is 0 Å². The van der Waals surface area contributed by atoms with E-state index in [-0.39, 0.29) is 17.9 Å². The maximum atomic E-state index is 13.4. The smallest absolute Gasteiger partial charge is 0.295 e. The Balaban J connectivity index is 1.59. The quantitative estimate of drug-likeness (QED) is 0.197. The van der Waals surface area contributed by atoms with Gasteiger partial charge in [-0.3, -0.25) is 9.59 Å². The highest BCUT2D eigenvalue weighted by Crippen LogP contribution is 2.42. The summed E-state index contributed by atoms with van der Waals surface area (Å²) < 4.78 is 17.1. The molecule has 1 N–H and O–H groups in total. The van der Waals surface area contributed by atoms with E-state index in [1.807, 2.05) is 54.6 Å². The number of carbonyl (C=O) groups excluding carboxylic acids is 2. The van der Waals surface area contributed by atoms with E-state index < -0.39 is 17.7 Å². The molecule has 0 spiro atoms. The van der Waals surface area contributed by atoms with E-state index in [4.69, 9.17) is 14.2 Å². The summed E-state index contributed by atoms with van der Waals surface area (Å²) in [6, 6.07) is 21.0. The first kappa shape index (κ1) is 24.4. The number of ether oxygens (including phenoxy) is 3. The number of benzene rings is 3. The van der Waals surface area contributed by atoms with E-state index in [1.54, 1.807) is 18.2 Å². The highest BCUT2D eigenvalue weighted by atomic mass is 16.6. The van der Waals surface area contributed by atoms with Gasteiger partial charge >= 0.3 is 0 Å². The van der Waals surface area contributed by atoms with Crippen LogP contribution in [0, 0.1) is 0 Å². The van der Waals surface area contributed by atoms with Crippen molar-refractivity contribution in [2.45, 2.75) is 32.4 Å². The normalized spacial score (nSPS) is 18.2. The van der Waals surface area contributed by atoms with E-state index in [1.165, 1.54) is 4.90 Å². The van der Waals surface area contributed by atoms with Crippen LogP contribution in [0.25, 0.3) is 5.76 Å². The van der Waals surface area contributed by atoms with E-state index in [2.05, 4.69) is 6.92 Å². The number of nitrogens with zero attached hydrogens (tertiary/aromatic N) is 1. The minimum atomic E-state index is -0.789. The fourth-order valence-electron chi connectivity index (χ4n) is 4.62. The molecule has 0 radical (unpaired) electrons. The topological polar surface area (TPSA) is 85.3 Å². The lowest BCUT2D eigenvalue weighted by atomic mass is 9.94. The molecule has 7 heteroatoms. The number of hydrogen-bond donors (Lipinski definition) is 1. The van der Waals surface area contributed by atoms with E-state index in [0.29, 0.717) is 48.2 Å². The Hall–Kier alpha value is -4.26. The van der Waals surface area contributed by atoms with E-state index >= 15 is 0 Å². The fourth-order valence-corrected chi connectivity index (χ4v) is 4.62. The second-order valence-corrected chi connectivity index (χ2v) is 9.05. The number of rotatable bonds is 8. The number of hydrogen-bond acceptors (Lipinski definition) is 6. The van der Waals surface area contributed by atoms with Gasteiger partial charge in [0.25, 0.3) is 11.7 Å². The fraction of sp³-hybridized carbons (Fsp3) is 0.267. The van der Waals surface area contributed by atoms with Gasteiger partial charge in [-0.25, -0.2) is 0 Å². The predicted molar refractivity (Wildman–Crippen MR) is 139 cm³/mol. The molecule has 5 rings (SSSR count). The summed E-state index contributed by atoms with van der Waals surface area (Å²) in [4.78, 5) is 28.2. The molecule has 2 heterocycles. The van der Waals surface area contributed by atoms with Crippen molar-refractivity contribution >= 4 is 17.4 Å². The molecule has 1 fully saturated rings. The third-order valence-corrected chi connectivity index (χ3v) is 6.49. The Morgan fingerprint density at radius 2 is 1.76 bits per heavy atom. The molecular formula is C30H29NO6. The number of amides is 1. The zero-order valence-electron chi connectivity index (χ0n) is 20.7. The van der Waals surface area contributed by atoms with Crippen molar-refractivity contribution in [2.24, 2.45) is 0 Å². The van der Waals surface area contributed by atoms with Crippen molar-refractivity contribution in [3.05, 3.63) is 95.1 Å². The zero-order chi connectivity index (χ0) is 25.8. The van der Waals surface area contributed by atoms with E-state index in [0.717, 1.165) is 18.4 Å². The Morgan fingerprint density at radius 3 is 2.54 bits per heavy atom. The van der Waals surface area contributed by atoms with Crippen molar-refractivity contribution in [3.8, 4) is 17.2 Å². The van der Waals surface area contributed by atoms with Crippen LogP contribution in [0.4, 0.5) is 0 Å². The average Bonchev–Trinajstić information content (AvgIpc) is 3.18. The van der Waals surface area contributed by atoms with Gasteiger partial charge in [-0.15, -0.1) is 0 Å². The molecule has 3 aromatic rings. The lowest BCUT2D eigenvalue weighted by molar-refractivity contribution is -0.140. The van der Waals surface area contributed by atoms with Gasteiger partial charge < -0.3 is 24.2 Å². The molecule has 1 amide bonds. The number of fused-ring (bicyclic) bond motifs is 1. The summed E-state index contributed by atoms with van der Waals surface area (Å²) in [7, 11) is 0. The molecule has 1 unspecified atom stereocenters. The van der Waals surface area contributed by atoms with Crippen molar-refractivity contribution in [2.75, 3.05) is 19.8 Å². The molecule has 1 atom stereocenters. The van der Waals surface area contributed by atoms with Crippen LogP contribution in [0.3, 0.4) is 0 Å². The molecule has 3 aromatic carbocycles. The van der Waals surface area contributed by atoms with Gasteiger partial charge in [0.1, 0.15) is 24.7 Å². The van der Waals surface area contributed by atoms with Gasteiger partial charge in [0, 0.05) is 12.1 Å². The van der Waals surface area contributed by atoms with Crippen LogP contribution < -0.4 is 14.2 Å². The molecule has 2 aliphatic rings. The summed E-state index contributed by atoms with van der Waals surface area (Å²) >= 11 is 0. The van der Waals surface area contributed by atoms with Crippen LogP contribution in [-0.2, 0) is 16.1 Å². The van der Waals surface area contributed by atoms with Crippen LogP contribution in [-0.4, -0.2) is 41.5 Å². The first-order chi connectivity index (χ1) is 18.1. The number of likely N-dealkylation sites (tertiary alicyclic amines) is 1. The third-order valence-electron chi connectivity index (χ3n) is 6.49. The average molecular weight is 500 g/mol. The molecular weight excluding hydrogens is 470 g/mol. The number of ketones is 1. The molecule has 7 nitrogen and oxygen atoms in total. The van der Waals surface area contributed by atoms with Crippen LogP contribution in [0.1, 0.15) is 42.5 Å².